The second-order valence-corrected chi connectivity index (χ2v) is 7.97. The van der Waals surface area contributed by atoms with Crippen LogP contribution < -0.4 is 10.5 Å². The van der Waals surface area contributed by atoms with Crippen LogP contribution in [0.4, 0.5) is 20.4 Å². The van der Waals surface area contributed by atoms with Crippen LogP contribution in [-0.2, 0) is 10.0 Å². The van der Waals surface area contributed by atoms with Gasteiger partial charge in [-0.1, -0.05) is 29.5 Å². The minimum absolute atomic E-state index is 0.0284. The van der Waals surface area contributed by atoms with E-state index in [1.807, 2.05) is 0 Å². The van der Waals surface area contributed by atoms with Crippen molar-refractivity contribution in [1.29, 1.82) is 0 Å². The molecule has 2 aromatic carbocycles. The first-order valence-corrected chi connectivity index (χ1v) is 9.90. The lowest BCUT2D eigenvalue weighted by Crippen LogP contribution is -2.16. The summed E-state index contributed by atoms with van der Waals surface area (Å²) in [5.74, 6) is 2.75. The van der Waals surface area contributed by atoms with Crippen LogP contribution in [0, 0.1) is 30.4 Å². The Morgan fingerprint density at radius 1 is 1.10 bits per heavy atom. The number of hydrogen-bond acceptors (Lipinski definition) is 5. The molecule has 3 N–H and O–H groups in total. The van der Waals surface area contributed by atoms with Gasteiger partial charge in [-0.05, 0) is 36.8 Å². The largest absolute Gasteiger partial charge is 0.368 e. The normalized spacial score (nSPS) is 10.9. The summed E-state index contributed by atoms with van der Waals surface area (Å²) < 4.78 is 56.2. The lowest BCUT2D eigenvalue weighted by molar-refractivity contribution is 0.577. The number of nitrogens with zero attached hydrogens (tertiary/aromatic N) is 2. The first-order valence-electron chi connectivity index (χ1n) is 8.04. The molecule has 3 aromatic rings. The Balaban J connectivity index is 1.99. The second-order valence-electron chi connectivity index (χ2n) is 5.88. The van der Waals surface area contributed by atoms with Gasteiger partial charge in [0.05, 0.1) is 21.7 Å². The molecular weight excluding hydrogens is 422 g/mol. The molecular formula is C19H13ClF2N4O2S. The minimum Gasteiger partial charge on any atom is -0.368 e. The molecule has 1 aromatic heterocycles. The molecule has 0 aliphatic rings. The molecule has 10 heteroatoms. The van der Waals surface area contributed by atoms with Crippen molar-refractivity contribution in [2.24, 2.45) is 0 Å². The number of nitrogens with one attached hydrogen (secondary N) is 1. The third-order valence-corrected chi connectivity index (χ3v) is 5.52. The molecule has 0 fully saturated rings. The summed E-state index contributed by atoms with van der Waals surface area (Å²) in [5.41, 5.74) is 4.99. The third kappa shape index (κ3) is 4.62. The van der Waals surface area contributed by atoms with Gasteiger partial charge in [-0.2, -0.15) is 0 Å². The van der Waals surface area contributed by atoms with Gasteiger partial charge in [-0.3, -0.25) is 4.72 Å². The number of sulfonamides is 1. The summed E-state index contributed by atoms with van der Waals surface area (Å²) in [6, 6.07) is 6.17. The molecule has 0 bridgehead atoms. The summed E-state index contributed by atoms with van der Waals surface area (Å²) in [4.78, 5) is 7.33. The standard InChI is InChI=1S/C19H13ClF2N4O2S/c1-11-2-4-13(20)8-17(11)29(27,28)26-16-7-6-15(21)14(18(16)22)5-3-12-9-24-19(23)25-10-12/h2,4,6-10,26H,1H3,(H2,23,24,25). The monoisotopic (exact) mass is 434 g/mol. The van der Waals surface area contributed by atoms with Crippen LogP contribution in [0.1, 0.15) is 16.7 Å². The predicted molar refractivity (Wildman–Crippen MR) is 106 cm³/mol. The van der Waals surface area contributed by atoms with Crippen LogP contribution in [0.3, 0.4) is 0 Å². The van der Waals surface area contributed by atoms with Crippen molar-refractivity contribution >= 4 is 33.3 Å². The maximum atomic E-state index is 14.8. The van der Waals surface area contributed by atoms with E-state index in [0.29, 0.717) is 5.56 Å². The van der Waals surface area contributed by atoms with Gasteiger partial charge in [0.2, 0.25) is 5.95 Å². The smallest absolute Gasteiger partial charge is 0.262 e. The van der Waals surface area contributed by atoms with E-state index in [9.17, 15) is 17.2 Å². The van der Waals surface area contributed by atoms with Crippen molar-refractivity contribution in [3.8, 4) is 11.8 Å². The van der Waals surface area contributed by atoms with Gasteiger partial charge >= 0.3 is 0 Å². The zero-order valence-electron chi connectivity index (χ0n) is 14.9. The first kappa shape index (κ1) is 20.5. The molecule has 1 heterocycles. The van der Waals surface area contributed by atoms with E-state index in [-0.39, 0.29) is 21.4 Å². The van der Waals surface area contributed by atoms with Crippen molar-refractivity contribution in [3.63, 3.8) is 0 Å². The van der Waals surface area contributed by atoms with Gasteiger partial charge in [0.15, 0.2) is 5.82 Å². The van der Waals surface area contributed by atoms with E-state index < -0.39 is 32.9 Å². The van der Waals surface area contributed by atoms with Gasteiger partial charge < -0.3 is 5.73 Å². The van der Waals surface area contributed by atoms with Crippen LogP contribution in [0.15, 0.2) is 47.6 Å². The van der Waals surface area contributed by atoms with Crippen LogP contribution in [0.5, 0.6) is 0 Å². The summed E-state index contributed by atoms with van der Waals surface area (Å²) in [6.07, 6.45) is 2.58. The van der Waals surface area contributed by atoms with Gasteiger partial charge in [-0.15, -0.1) is 0 Å². The average molecular weight is 435 g/mol. The quantitative estimate of drug-likeness (QED) is 0.615. The first-order chi connectivity index (χ1) is 13.7. The summed E-state index contributed by atoms with van der Waals surface area (Å²) >= 11 is 5.86. The summed E-state index contributed by atoms with van der Waals surface area (Å²) in [5, 5.41) is 0.202. The van der Waals surface area contributed by atoms with Crippen molar-refractivity contribution in [3.05, 3.63) is 76.1 Å². The lowest BCUT2D eigenvalue weighted by atomic mass is 10.1. The number of anilines is 2. The van der Waals surface area contributed by atoms with E-state index in [1.54, 1.807) is 6.92 Å². The van der Waals surface area contributed by atoms with E-state index >= 15 is 0 Å². The molecule has 0 aliphatic heterocycles. The number of benzene rings is 2. The van der Waals surface area contributed by atoms with Gasteiger partial charge in [0.1, 0.15) is 5.82 Å². The van der Waals surface area contributed by atoms with Crippen molar-refractivity contribution in [2.45, 2.75) is 11.8 Å². The minimum atomic E-state index is -4.17. The molecule has 0 aliphatic carbocycles. The fourth-order valence-corrected chi connectivity index (χ4v) is 3.91. The topological polar surface area (TPSA) is 98.0 Å². The van der Waals surface area contributed by atoms with Gasteiger partial charge in [-0.25, -0.2) is 27.2 Å². The van der Waals surface area contributed by atoms with Crippen LogP contribution >= 0.6 is 11.6 Å². The molecule has 6 nitrogen and oxygen atoms in total. The molecule has 0 amide bonds. The second kappa shape index (κ2) is 8.03. The molecule has 0 saturated heterocycles. The van der Waals surface area contributed by atoms with E-state index in [0.717, 1.165) is 12.1 Å². The molecule has 0 atom stereocenters. The molecule has 3 rings (SSSR count). The van der Waals surface area contributed by atoms with E-state index in [2.05, 4.69) is 26.5 Å². The Bertz CT molecular complexity index is 1250. The average Bonchev–Trinajstić information content (AvgIpc) is 2.67. The third-order valence-electron chi connectivity index (χ3n) is 3.78. The van der Waals surface area contributed by atoms with Gasteiger partial charge in [0, 0.05) is 17.4 Å². The fourth-order valence-electron chi connectivity index (χ4n) is 2.35. The highest BCUT2D eigenvalue weighted by atomic mass is 35.5. The van der Waals surface area contributed by atoms with Gasteiger partial charge in [0.25, 0.3) is 10.0 Å². The fraction of sp³-hybridized carbons (Fsp3) is 0.0526. The number of nitrogen functional groups attached to an aromatic ring is 1. The number of aromatic nitrogens is 2. The number of halogens is 3. The zero-order valence-corrected chi connectivity index (χ0v) is 16.4. The molecule has 0 radical (unpaired) electrons. The maximum absolute atomic E-state index is 14.8. The Kier molecular flexibility index (Phi) is 5.68. The number of nitrogens with two attached hydrogens (primary N) is 1. The van der Waals surface area contributed by atoms with E-state index in [4.69, 9.17) is 17.3 Å². The molecule has 0 spiro atoms. The summed E-state index contributed by atoms with van der Waals surface area (Å²) in [7, 11) is -4.17. The van der Waals surface area contributed by atoms with Crippen LogP contribution in [0.25, 0.3) is 0 Å². The Hall–Kier alpha value is -3.22. The highest BCUT2D eigenvalue weighted by Crippen LogP contribution is 2.26. The highest BCUT2D eigenvalue weighted by Gasteiger charge is 2.21. The van der Waals surface area contributed by atoms with E-state index in [1.165, 1.54) is 30.6 Å². The highest BCUT2D eigenvalue weighted by molar-refractivity contribution is 7.92. The predicted octanol–water partition coefficient (Wildman–Crippen LogP) is 3.50. The van der Waals surface area contributed by atoms with Crippen molar-refractivity contribution in [1.82, 2.24) is 9.97 Å². The molecule has 0 saturated carbocycles. The van der Waals surface area contributed by atoms with Crippen molar-refractivity contribution in [2.75, 3.05) is 10.5 Å². The molecule has 148 valence electrons. The molecule has 29 heavy (non-hydrogen) atoms. The Morgan fingerprint density at radius 2 is 1.79 bits per heavy atom. The lowest BCUT2D eigenvalue weighted by Gasteiger charge is -2.12. The Labute approximate surface area is 170 Å². The van der Waals surface area contributed by atoms with Crippen molar-refractivity contribution < 1.29 is 17.2 Å². The summed E-state index contributed by atoms with van der Waals surface area (Å²) in [6.45, 7) is 1.57. The number of rotatable bonds is 3. The number of hydrogen-bond donors (Lipinski definition) is 2. The SMILES string of the molecule is Cc1ccc(Cl)cc1S(=O)(=O)Nc1ccc(F)c(C#Cc2cnc(N)nc2)c1F. The zero-order chi connectivity index (χ0) is 21.2. The Morgan fingerprint density at radius 3 is 2.48 bits per heavy atom. The molecule has 0 unspecified atom stereocenters. The number of aryl methyl sites for hydroxylation is 1. The maximum Gasteiger partial charge on any atom is 0.262 e. The van der Waals surface area contributed by atoms with Crippen LogP contribution in [-0.4, -0.2) is 18.4 Å². The van der Waals surface area contributed by atoms with Crippen LogP contribution in [0.2, 0.25) is 5.02 Å².